The average Bonchev–Trinajstić information content (AvgIpc) is 2.94. The third kappa shape index (κ3) is 3.04. The van der Waals surface area contributed by atoms with Crippen LogP contribution in [0.4, 0.5) is 0 Å². The smallest absolute Gasteiger partial charge is 0.326 e. The van der Waals surface area contributed by atoms with E-state index in [0.717, 1.165) is 28.0 Å². The average molecular weight is 310 g/mol. The van der Waals surface area contributed by atoms with Gasteiger partial charge in [0.25, 0.3) is 0 Å². The Kier molecular flexibility index (Phi) is 4.28. The third-order valence-electron chi connectivity index (χ3n) is 3.63. The molecule has 23 heavy (non-hydrogen) atoms. The van der Waals surface area contributed by atoms with E-state index in [-0.39, 0.29) is 12.5 Å². The molecule has 0 N–H and O–H groups in total. The summed E-state index contributed by atoms with van der Waals surface area (Å²) in [7, 11) is 1.64. The summed E-state index contributed by atoms with van der Waals surface area (Å²) in [6.45, 7) is 2.30. The number of benzene rings is 1. The minimum atomic E-state index is -0.273. The van der Waals surface area contributed by atoms with Crippen LogP contribution in [0.2, 0.25) is 0 Å². The summed E-state index contributed by atoms with van der Waals surface area (Å²) in [5.41, 5.74) is 2.69. The Bertz CT molecular complexity index is 822. The molecule has 3 rings (SSSR count). The van der Waals surface area contributed by atoms with Crippen LogP contribution in [0.3, 0.4) is 0 Å². The van der Waals surface area contributed by atoms with Gasteiger partial charge in [0.2, 0.25) is 0 Å². The zero-order valence-electron chi connectivity index (χ0n) is 13.2. The second-order valence-corrected chi connectivity index (χ2v) is 5.07. The fourth-order valence-electron chi connectivity index (χ4n) is 2.58. The molecule has 0 aliphatic carbocycles. The second-order valence-electron chi connectivity index (χ2n) is 5.07. The second kappa shape index (κ2) is 6.52. The van der Waals surface area contributed by atoms with E-state index in [0.29, 0.717) is 6.61 Å². The van der Waals surface area contributed by atoms with Crippen molar-refractivity contribution < 1.29 is 14.3 Å². The molecule has 0 saturated carbocycles. The number of aromatic nitrogens is 2. The van der Waals surface area contributed by atoms with Gasteiger partial charge in [-0.05, 0) is 55.0 Å². The number of nitrogens with zero attached hydrogens (tertiary/aromatic N) is 2. The van der Waals surface area contributed by atoms with Gasteiger partial charge in [-0.15, -0.1) is 0 Å². The van der Waals surface area contributed by atoms with Crippen molar-refractivity contribution in [2.75, 3.05) is 13.7 Å². The highest BCUT2D eigenvalue weighted by Gasteiger charge is 2.15. The molecule has 0 aliphatic rings. The number of hydrogen-bond donors (Lipinski definition) is 0. The normalized spacial score (nSPS) is 10.7. The van der Waals surface area contributed by atoms with Crippen molar-refractivity contribution in [3.8, 4) is 17.0 Å². The first-order valence-electron chi connectivity index (χ1n) is 7.47. The molecule has 1 aromatic carbocycles. The lowest BCUT2D eigenvalue weighted by molar-refractivity contribution is -0.143. The highest BCUT2D eigenvalue weighted by molar-refractivity contribution is 5.86. The van der Waals surface area contributed by atoms with Gasteiger partial charge in [-0.2, -0.15) is 0 Å². The number of ether oxygens (including phenoxy) is 2. The van der Waals surface area contributed by atoms with Crippen molar-refractivity contribution in [3.63, 3.8) is 0 Å². The first kappa shape index (κ1) is 15.1. The molecule has 0 saturated heterocycles. The van der Waals surface area contributed by atoms with Gasteiger partial charge < -0.3 is 14.0 Å². The zero-order chi connectivity index (χ0) is 16.2. The number of carbonyl (C=O) groups is 1. The molecule has 2 aromatic heterocycles. The van der Waals surface area contributed by atoms with Crippen molar-refractivity contribution in [2.24, 2.45) is 0 Å². The van der Waals surface area contributed by atoms with E-state index >= 15 is 0 Å². The van der Waals surface area contributed by atoms with Gasteiger partial charge in [-0.25, -0.2) is 4.98 Å². The number of carbonyl (C=O) groups excluding carboxylic acids is 1. The number of hydrogen-bond acceptors (Lipinski definition) is 4. The standard InChI is InChI=1S/C18H18N2O3/c1-3-23-17(21)12-20-16(11-14-5-4-10-19-18(14)20)13-6-8-15(22-2)9-7-13/h4-11H,3,12H2,1-2H3. The van der Waals surface area contributed by atoms with Gasteiger partial charge in [-0.1, -0.05) is 0 Å². The summed E-state index contributed by atoms with van der Waals surface area (Å²) in [5, 5.41) is 0.989. The molecular weight excluding hydrogens is 292 g/mol. The van der Waals surface area contributed by atoms with Crippen LogP contribution in [-0.4, -0.2) is 29.2 Å². The summed E-state index contributed by atoms with van der Waals surface area (Å²) < 4.78 is 12.2. The molecule has 0 amide bonds. The van der Waals surface area contributed by atoms with Crippen molar-refractivity contribution >= 4 is 17.0 Å². The molecule has 0 spiro atoms. The summed E-state index contributed by atoms with van der Waals surface area (Å²) in [5.74, 6) is 0.519. The molecule has 118 valence electrons. The predicted molar refractivity (Wildman–Crippen MR) is 88.4 cm³/mol. The molecular formula is C18H18N2O3. The first-order chi connectivity index (χ1) is 11.2. The summed E-state index contributed by atoms with van der Waals surface area (Å²) >= 11 is 0. The van der Waals surface area contributed by atoms with Crippen LogP contribution in [-0.2, 0) is 16.1 Å². The minimum absolute atomic E-state index is 0.135. The number of esters is 1. The van der Waals surface area contributed by atoms with E-state index in [2.05, 4.69) is 4.98 Å². The fourth-order valence-corrected chi connectivity index (χ4v) is 2.58. The van der Waals surface area contributed by atoms with Crippen molar-refractivity contribution in [3.05, 3.63) is 48.7 Å². The molecule has 0 atom stereocenters. The Labute approximate surface area is 134 Å². The van der Waals surface area contributed by atoms with Crippen LogP contribution in [0.15, 0.2) is 48.7 Å². The molecule has 0 radical (unpaired) electrons. The van der Waals surface area contributed by atoms with E-state index in [1.165, 1.54) is 0 Å². The van der Waals surface area contributed by atoms with Gasteiger partial charge in [-0.3, -0.25) is 4.79 Å². The zero-order valence-corrected chi connectivity index (χ0v) is 13.2. The monoisotopic (exact) mass is 310 g/mol. The number of methoxy groups -OCH3 is 1. The maximum Gasteiger partial charge on any atom is 0.326 e. The number of pyridine rings is 1. The Balaban J connectivity index is 2.08. The lowest BCUT2D eigenvalue weighted by Gasteiger charge is -2.10. The summed E-state index contributed by atoms with van der Waals surface area (Å²) in [4.78, 5) is 16.4. The fraction of sp³-hybridized carbons (Fsp3) is 0.222. The lowest BCUT2D eigenvalue weighted by Crippen LogP contribution is -2.14. The number of fused-ring (bicyclic) bond motifs is 1. The van der Waals surface area contributed by atoms with Crippen molar-refractivity contribution in [1.29, 1.82) is 0 Å². The van der Waals surface area contributed by atoms with Crippen LogP contribution in [0.1, 0.15) is 6.92 Å². The van der Waals surface area contributed by atoms with Gasteiger partial charge in [0, 0.05) is 11.6 Å². The third-order valence-corrected chi connectivity index (χ3v) is 3.63. The highest BCUT2D eigenvalue weighted by Crippen LogP contribution is 2.28. The van der Waals surface area contributed by atoms with Gasteiger partial charge in [0.05, 0.1) is 19.4 Å². The Morgan fingerprint density at radius 2 is 2.00 bits per heavy atom. The molecule has 3 aromatic rings. The Hall–Kier alpha value is -2.82. The predicted octanol–water partition coefficient (Wildman–Crippen LogP) is 3.28. The Morgan fingerprint density at radius 1 is 1.22 bits per heavy atom. The molecule has 0 bridgehead atoms. The van der Waals surface area contributed by atoms with Gasteiger partial charge in [0.1, 0.15) is 17.9 Å². The minimum Gasteiger partial charge on any atom is -0.497 e. The molecule has 2 heterocycles. The van der Waals surface area contributed by atoms with Crippen LogP contribution < -0.4 is 4.74 Å². The molecule has 0 fully saturated rings. The van der Waals surface area contributed by atoms with E-state index in [1.54, 1.807) is 20.2 Å². The van der Waals surface area contributed by atoms with Crippen molar-refractivity contribution in [2.45, 2.75) is 13.5 Å². The van der Waals surface area contributed by atoms with Gasteiger partial charge in [0.15, 0.2) is 0 Å². The molecule has 5 heteroatoms. The number of rotatable bonds is 5. The Morgan fingerprint density at radius 3 is 2.70 bits per heavy atom. The van der Waals surface area contributed by atoms with Crippen molar-refractivity contribution in [1.82, 2.24) is 9.55 Å². The van der Waals surface area contributed by atoms with E-state index in [9.17, 15) is 4.79 Å². The topological polar surface area (TPSA) is 53.4 Å². The van der Waals surface area contributed by atoms with Gasteiger partial charge >= 0.3 is 5.97 Å². The molecule has 5 nitrogen and oxygen atoms in total. The quantitative estimate of drug-likeness (QED) is 0.679. The lowest BCUT2D eigenvalue weighted by atomic mass is 10.1. The van der Waals surface area contributed by atoms with E-state index in [4.69, 9.17) is 9.47 Å². The first-order valence-corrected chi connectivity index (χ1v) is 7.47. The van der Waals surface area contributed by atoms with E-state index in [1.807, 2.05) is 47.0 Å². The van der Waals surface area contributed by atoms with Crippen LogP contribution >= 0.6 is 0 Å². The maximum absolute atomic E-state index is 11.9. The maximum atomic E-state index is 11.9. The van der Waals surface area contributed by atoms with E-state index < -0.39 is 0 Å². The van der Waals surface area contributed by atoms with Crippen LogP contribution in [0.25, 0.3) is 22.3 Å². The van der Waals surface area contributed by atoms with Crippen LogP contribution in [0.5, 0.6) is 5.75 Å². The summed E-state index contributed by atoms with van der Waals surface area (Å²) in [6, 6.07) is 13.6. The molecule has 0 unspecified atom stereocenters. The largest absolute Gasteiger partial charge is 0.497 e. The molecule has 0 aliphatic heterocycles. The van der Waals surface area contributed by atoms with Crippen LogP contribution in [0, 0.1) is 0 Å². The SMILES string of the molecule is CCOC(=O)Cn1c(-c2ccc(OC)cc2)cc2cccnc21. The highest BCUT2D eigenvalue weighted by atomic mass is 16.5. The summed E-state index contributed by atoms with van der Waals surface area (Å²) in [6.07, 6.45) is 1.72.